The summed E-state index contributed by atoms with van der Waals surface area (Å²) in [7, 11) is 0. The van der Waals surface area contributed by atoms with E-state index >= 15 is 0 Å². The predicted octanol–water partition coefficient (Wildman–Crippen LogP) is 3.96. The van der Waals surface area contributed by atoms with Crippen LogP contribution in [-0.2, 0) is 6.54 Å². The molecular formula is C13H15ClN2S. The molecule has 0 aliphatic heterocycles. The van der Waals surface area contributed by atoms with Crippen LogP contribution in [0.25, 0.3) is 10.4 Å². The molecule has 0 fully saturated rings. The van der Waals surface area contributed by atoms with E-state index in [-0.39, 0.29) is 0 Å². The van der Waals surface area contributed by atoms with Crippen molar-refractivity contribution in [3.05, 3.63) is 40.5 Å². The van der Waals surface area contributed by atoms with Crippen molar-refractivity contribution >= 4 is 22.9 Å². The highest BCUT2D eigenvalue weighted by Crippen LogP contribution is 2.30. The number of nitrogens with zero attached hydrogens (tertiary/aromatic N) is 1. The molecule has 0 saturated carbocycles. The molecule has 0 amide bonds. The van der Waals surface area contributed by atoms with Crippen molar-refractivity contribution in [2.45, 2.75) is 19.9 Å². The molecule has 0 unspecified atom stereocenters. The lowest BCUT2D eigenvalue weighted by atomic mass is 10.2. The molecule has 2 aromatic rings. The third kappa shape index (κ3) is 3.53. The summed E-state index contributed by atoms with van der Waals surface area (Å²) in [6.07, 6.45) is 4.93. The van der Waals surface area contributed by atoms with Crippen molar-refractivity contribution in [2.24, 2.45) is 0 Å². The van der Waals surface area contributed by atoms with Crippen molar-refractivity contribution in [1.82, 2.24) is 10.3 Å². The van der Waals surface area contributed by atoms with Gasteiger partial charge in [-0.1, -0.05) is 18.5 Å². The zero-order valence-corrected chi connectivity index (χ0v) is 11.3. The molecule has 0 saturated heterocycles. The van der Waals surface area contributed by atoms with E-state index in [0.717, 1.165) is 29.4 Å². The first-order chi connectivity index (χ1) is 8.29. The second-order valence-corrected chi connectivity index (χ2v) is 5.58. The first kappa shape index (κ1) is 12.6. The van der Waals surface area contributed by atoms with Crippen LogP contribution in [0.3, 0.4) is 0 Å². The minimum absolute atomic E-state index is 0.814. The highest BCUT2D eigenvalue weighted by Gasteiger charge is 2.03. The lowest BCUT2D eigenvalue weighted by Crippen LogP contribution is -2.13. The largest absolute Gasteiger partial charge is 0.313 e. The summed E-state index contributed by atoms with van der Waals surface area (Å²) < 4.78 is 0.814. The second kappa shape index (κ2) is 6.15. The maximum absolute atomic E-state index is 5.94. The molecule has 2 rings (SSSR count). The average Bonchev–Trinajstić information content (AvgIpc) is 2.77. The molecule has 2 nitrogen and oxygen atoms in total. The lowest BCUT2D eigenvalue weighted by molar-refractivity contribution is 0.674. The van der Waals surface area contributed by atoms with E-state index in [0.29, 0.717) is 0 Å². The third-order valence-corrected chi connectivity index (χ3v) is 3.69. The number of hydrogen-bond acceptors (Lipinski definition) is 3. The molecule has 4 heteroatoms. The van der Waals surface area contributed by atoms with Crippen LogP contribution in [0.4, 0.5) is 0 Å². The topological polar surface area (TPSA) is 24.9 Å². The van der Waals surface area contributed by atoms with E-state index in [1.807, 2.05) is 24.5 Å². The molecular weight excluding hydrogens is 252 g/mol. The fourth-order valence-electron chi connectivity index (χ4n) is 1.60. The Morgan fingerprint density at radius 2 is 2.24 bits per heavy atom. The number of pyridine rings is 1. The molecule has 2 aromatic heterocycles. The number of thiophene rings is 1. The van der Waals surface area contributed by atoms with Crippen LogP contribution in [-0.4, -0.2) is 11.5 Å². The number of rotatable bonds is 5. The van der Waals surface area contributed by atoms with Crippen LogP contribution in [0, 0.1) is 0 Å². The Labute approximate surface area is 111 Å². The van der Waals surface area contributed by atoms with E-state index < -0.39 is 0 Å². The summed E-state index contributed by atoms with van der Waals surface area (Å²) in [5, 5.41) is 3.37. The lowest BCUT2D eigenvalue weighted by Gasteiger charge is -2.04. The SMILES string of the molecule is CCCNCc1cncc(-c2ccc(Cl)s2)c1. The Morgan fingerprint density at radius 1 is 1.35 bits per heavy atom. The molecule has 0 bridgehead atoms. The van der Waals surface area contributed by atoms with E-state index in [1.54, 1.807) is 11.3 Å². The maximum atomic E-state index is 5.94. The van der Waals surface area contributed by atoms with Crippen molar-refractivity contribution in [3.8, 4) is 10.4 Å². The van der Waals surface area contributed by atoms with Crippen LogP contribution < -0.4 is 5.32 Å². The van der Waals surface area contributed by atoms with Crippen molar-refractivity contribution in [2.75, 3.05) is 6.54 Å². The zero-order chi connectivity index (χ0) is 12.1. The summed E-state index contributed by atoms with van der Waals surface area (Å²) >= 11 is 7.52. The summed E-state index contributed by atoms with van der Waals surface area (Å²) in [6, 6.07) is 6.12. The van der Waals surface area contributed by atoms with Crippen LogP contribution >= 0.6 is 22.9 Å². The van der Waals surface area contributed by atoms with Crippen molar-refractivity contribution in [1.29, 1.82) is 0 Å². The number of aromatic nitrogens is 1. The van der Waals surface area contributed by atoms with Crippen LogP contribution in [0.2, 0.25) is 4.34 Å². The first-order valence-corrected chi connectivity index (χ1v) is 6.89. The fraction of sp³-hybridized carbons (Fsp3) is 0.308. The summed E-state index contributed by atoms with van der Waals surface area (Å²) in [6.45, 7) is 4.07. The Hall–Kier alpha value is -0.900. The van der Waals surface area contributed by atoms with Crippen LogP contribution in [0.5, 0.6) is 0 Å². The van der Waals surface area contributed by atoms with Crippen molar-refractivity contribution < 1.29 is 0 Å². The van der Waals surface area contributed by atoms with Crippen LogP contribution in [0.1, 0.15) is 18.9 Å². The average molecular weight is 267 g/mol. The first-order valence-electron chi connectivity index (χ1n) is 5.70. The Morgan fingerprint density at radius 3 is 2.94 bits per heavy atom. The summed E-state index contributed by atoms with van der Waals surface area (Å²) in [4.78, 5) is 5.44. The highest BCUT2D eigenvalue weighted by molar-refractivity contribution is 7.19. The van der Waals surface area contributed by atoms with Gasteiger partial charge in [-0.3, -0.25) is 4.98 Å². The monoisotopic (exact) mass is 266 g/mol. The normalized spacial score (nSPS) is 10.7. The van der Waals surface area contributed by atoms with E-state index in [1.165, 1.54) is 10.4 Å². The van der Waals surface area contributed by atoms with Gasteiger partial charge in [0, 0.05) is 29.4 Å². The highest BCUT2D eigenvalue weighted by atomic mass is 35.5. The Bertz CT molecular complexity index is 482. The molecule has 0 spiro atoms. The molecule has 0 atom stereocenters. The molecule has 1 N–H and O–H groups in total. The fourth-order valence-corrected chi connectivity index (χ4v) is 2.62. The maximum Gasteiger partial charge on any atom is 0.0934 e. The summed E-state index contributed by atoms with van der Waals surface area (Å²) in [5.41, 5.74) is 2.35. The van der Waals surface area contributed by atoms with E-state index in [4.69, 9.17) is 11.6 Å². The van der Waals surface area contributed by atoms with Gasteiger partial charge in [0.25, 0.3) is 0 Å². The number of hydrogen-bond donors (Lipinski definition) is 1. The van der Waals surface area contributed by atoms with Gasteiger partial charge in [0.05, 0.1) is 4.34 Å². The minimum Gasteiger partial charge on any atom is -0.313 e. The second-order valence-electron chi connectivity index (χ2n) is 3.86. The Balaban J connectivity index is 2.11. The van der Waals surface area contributed by atoms with Gasteiger partial charge in [-0.25, -0.2) is 0 Å². The zero-order valence-electron chi connectivity index (χ0n) is 9.74. The molecule has 0 aliphatic carbocycles. The van der Waals surface area contributed by atoms with Gasteiger partial charge in [0.2, 0.25) is 0 Å². The Kier molecular flexibility index (Phi) is 4.54. The molecule has 0 radical (unpaired) electrons. The molecule has 2 heterocycles. The predicted molar refractivity (Wildman–Crippen MR) is 74.6 cm³/mol. The van der Waals surface area contributed by atoms with E-state index in [2.05, 4.69) is 23.3 Å². The van der Waals surface area contributed by atoms with Gasteiger partial charge in [-0.05, 0) is 36.7 Å². The molecule has 0 aliphatic rings. The quantitative estimate of drug-likeness (QED) is 0.829. The number of nitrogens with one attached hydrogen (secondary N) is 1. The van der Waals surface area contributed by atoms with E-state index in [9.17, 15) is 0 Å². The van der Waals surface area contributed by atoms with Gasteiger partial charge in [0.1, 0.15) is 0 Å². The third-order valence-electron chi connectivity index (χ3n) is 2.41. The van der Waals surface area contributed by atoms with Crippen molar-refractivity contribution in [3.63, 3.8) is 0 Å². The van der Waals surface area contributed by atoms with Gasteiger partial charge >= 0.3 is 0 Å². The van der Waals surface area contributed by atoms with Gasteiger partial charge < -0.3 is 5.32 Å². The molecule has 90 valence electrons. The molecule has 0 aromatic carbocycles. The molecule has 17 heavy (non-hydrogen) atoms. The standard InChI is InChI=1S/C13H15ClN2S/c1-2-5-15-7-10-6-11(9-16-8-10)12-3-4-13(14)17-12/h3-4,6,8-9,15H,2,5,7H2,1H3. The van der Waals surface area contributed by atoms with Gasteiger partial charge in [-0.15, -0.1) is 11.3 Å². The summed E-state index contributed by atoms with van der Waals surface area (Å²) in [5.74, 6) is 0. The van der Waals surface area contributed by atoms with Gasteiger partial charge in [0.15, 0.2) is 0 Å². The smallest absolute Gasteiger partial charge is 0.0934 e. The minimum atomic E-state index is 0.814. The van der Waals surface area contributed by atoms with Crippen LogP contribution in [0.15, 0.2) is 30.6 Å². The van der Waals surface area contributed by atoms with Gasteiger partial charge in [-0.2, -0.15) is 0 Å². The number of halogens is 1.